The maximum absolute atomic E-state index is 6.01. The first-order valence-corrected chi connectivity index (χ1v) is 7.83. The molecule has 0 spiro atoms. The van der Waals surface area contributed by atoms with Gasteiger partial charge in [-0.2, -0.15) is 0 Å². The standard InChI is InChI=1S/C14H13BrN4OS/c1-7(2)19-20-6-11-18-12-13(21-11)9-4-3-8(15)5-10(9)17-14(12)16/h3-5,19H,1,6H2,2H3,(H2,16,17). The number of nitrogen functional groups attached to an aromatic ring is 1. The summed E-state index contributed by atoms with van der Waals surface area (Å²) < 4.78 is 2.00. The van der Waals surface area contributed by atoms with Gasteiger partial charge in [-0.25, -0.2) is 9.97 Å². The van der Waals surface area contributed by atoms with Crippen LogP contribution < -0.4 is 11.2 Å². The molecule has 0 aliphatic heterocycles. The van der Waals surface area contributed by atoms with Crippen LogP contribution in [0, 0.1) is 0 Å². The number of aromatic nitrogens is 2. The van der Waals surface area contributed by atoms with Gasteiger partial charge in [0.15, 0.2) is 5.82 Å². The van der Waals surface area contributed by atoms with Gasteiger partial charge in [-0.15, -0.1) is 11.3 Å². The Bertz CT molecular complexity index is 846. The number of benzene rings is 1. The zero-order valence-electron chi connectivity index (χ0n) is 11.3. The Hall–Kier alpha value is -1.70. The van der Waals surface area contributed by atoms with Crippen LogP contribution in [-0.4, -0.2) is 9.97 Å². The molecule has 0 bridgehead atoms. The minimum Gasteiger partial charge on any atom is -0.382 e. The highest BCUT2D eigenvalue weighted by Gasteiger charge is 2.12. The summed E-state index contributed by atoms with van der Waals surface area (Å²) in [5.41, 5.74) is 11.0. The van der Waals surface area contributed by atoms with E-state index in [1.54, 1.807) is 11.3 Å². The fourth-order valence-corrected chi connectivity index (χ4v) is 3.34. The molecule has 0 saturated heterocycles. The predicted molar refractivity (Wildman–Crippen MR) is 89.8 cm³/mol. The second-order valence-electron chi connectivity index (χ2n) is 4.61. The monoisotopic (exact) mass is 364 g/mol. The van der Waals surface area contributed by atoms with Gasteiger partial charge in [-0.05, 0) is 19.1 Å². The van der Waals surface area contributed by atoms with Crippen molar-refractivity contribution >= 4 is 54.2 Å². The molecular formula is C14H13BrN4OS. The Morgan fingerprint density at radius 1 is 1.48 bits per heavy atom. The molecule has 0 aliphatic rings. The van der Waals surface area contributed by atoms with E-state index in [-0.39, 0.29) is 0 Å². The lowest BCUT2D eigenvalue weighted by Crippen LogP contribution is -2.10. The van der Waals surface area contributed by atoms with E-state index in [2.05, 4.69) is 38.0 Å². The highest BCUT2D eigenvalue weighted by Crippen LogP contribution is 2.33. The van der Waals surface area contributed by atoms with Crippen molar-refractivity contribution in [2.45, 2.75) is 13.5 Å². The minimum atomic E-state index is 0.351. The van der Waals surface area contributed by atoms with Crippen molar-refractivity contribution in [3.8, 4) is 0 Å². The molecule has 0 amide bonds. The third-order valence-corrected chi connectivity index (χ3v) is 4.36. The largest absolute Gasteiger partial charge is 0.382 e. The summed E-state index contributed by atoms with van der Waals surface area (Å²) in [5.74, 6) is 0.436. The van der Waals surface area contributed by atoms with Crippen molar-refractivity contribution in [3.63, 3.8) is 0 Å². The van der Waals surface area contributed by atoms with Crippen molar-refractivity contribution in [2.24, 2.45) is 0 Å². The molecule has 0 fully saturated rings. The number of hydrogen-bond acceptors (Lipinski definition) is 6. The summed E-state index contributed by atoms with van der Waals surface area (Å²) in [5, 5.41) is 1.88. The van der Waals surface area contributed by atoms with Crippen LogP contribution in [0.3, 0.4) is 0 Å². The molecule has 0 unspecified atom stereocenters. The quantitative estimate of drug-likeness (QED) is 0.689. The number of fused-ring (bicyclic) bond motifs is 3. The number of hydroxylamine groups is 1. The molecule has 21 heavy (non-hydrogen) atoms. The highest BCUT2D eigenvalue weighted by molar-refractivity contribution is 9.10. The molecule has 0 atom stereocenters. The number of pyridine rings is 1. The van der Waals surface area contributed by atoms with E-state index in [0.717, 1.165) is 36.3 Å². The number of anilines is 1. The molecule has 3 rings (SSSR count). The van der Waals surface area contributed by atoms with Crippen LogP contribution >= 0.6 is 27.3 Å². The minimum absolute atomic E-state index is 0.351. The van der Waals surface area contributed by atoms with Crippen molar-refractivity contribution < 1.29 is 4.84 Å². The normalized spacial score (nSPS) is 11.1. The van der Waals surface area contributed by atoms with Gasteiger partial charge in [-0.3, -0.25) is 10.3 Å². The van der Waals surface area contributed by atoms with Gasteiger partial charge in [0.2, 0.25) is 0 Å². The van der Waals surface area contributed by atoms with Crippen LogP contribution in [0.25, 0.3) is 21.1 Å². The lowest BCUT2D eigenvalue weighted by Gasteiger charge is -2.02. The maximum Gasteiger partial charge on any atom is 0.151 e. The molecule has 2 aromatic heterocycles. The summed E-state index contributed by atoms with van der Waals surface area (Å²) in [6, 6.07) is 5.95. The van der Waals surface area contributed by atoms with Crippen LogP contribution in [0.5, 0.6) is 0 Å². The van der Waals surface area contributed by atoms with Gasteiger partial charge >= 0.3 is 0 Å². The number of halogens is 1. The average molecular weight is 365 g/mol. The molecule has 2 heterocycles. The SMILES string of the molecule is C=C(C)NOCc1nc2c(N)nc3cc(Br)ccc3c2s1. The number of hydrogen-bond donors (Lipinski definition) is 2. The van der Waals surface area contributed by atoms with E-state index in [1.807, 2.05) is 25.1 Å². The van der Waals surface area contributed by atoms with E-state index >= 15 is 0 Å². The zero-order chi connectivity index (χ0) is 15.0. The Morgan fingerprint density at radius 3 is 3.05 bits per heavy atom. The third-order valence-electron chi connectivity index (χ3n) is 2.80. The molecule has 0 radical (unpaired) electrons. The average Bonchev–Trinajstić information content (AvgIpc) is 2.82. The first-order valence-electron chi connectivity index (χ1n) is 6.22. The topological polar surface area (TPSA) is 73.1 Å². The van der Waals surface area contributed by atoms with Crippen molar-refractivity contribution in [1.82, 2.24) is 15.4 Å². The number of nitrogens with two attached hydrogens (primary N) is 1. The van der Waals surface area contributed by atoms with E-state index in [1.165, 1.54) is 0 Å². The lowest BCUT2D eigenvalue weighted by molar-refractivity contribution is 0.0496. The molecular weight excluding hydrogens is 352 g/mol. The molecule has 3 N–H and O–H groups in total. The fourth-order valence-electron chi connectivity index (χ4n) is 1.98. The Labute approximate surface area is 133 Å². The number of nitrogens with one attached hydrogen (secondary N) is 1. The van der Waals surface area contributed by atoms with Gasteiger partial charge in [0.1, 0.15) is 17.1 Å². The number of nitrogens with zero attached hydrogens (tertiary/aromatic N) is 2. The summed E-state index contributed by atoms with van der Waals surface area (Å²) in [7, 11) is 0. The van der Waals surface area contributed by atoms with Crippen molar-refractivity contribution in [3.05, 3.63) is 40.0 Å². The Balaban J connectivity index is 2.05. The van der Waals surface area contributed by atoms with Crippen LogP contribution in [0.4, 0.5) is 5.82 Å². The Kier molecular flexibility index (Phi) is 3.79. The first-order chi connectivity index (χ1) is 10.0. The molecule has 0 aliphatic carbocycles. The summed E-state index contributed by atoms with van der Waals surface area (Å²) in [6.45, 7) is 5.88. The molecule has 5 nitrogen and oxygen atoms in total. The van der Waals surface area contributed by atoms with Gasteiger partial charge in [-0.1, -0.05) is 28.6 Å². The smallest absolute Gasteiger partial charge is 0.151 e. The zero-order valence-corrected chi connectivity index (χ0v) is 13.7. The fraction of sp³-hybridized carbons (Fsp3) is 0.143. The first kappa shape index (κ1) is 14.2. The van der Waals surface area contributed by atoms with E-state index in [9.17, 15) is 0 Å². The molecule has 0 saturated carbocycles. The predicted octanol–water partition coefficient (Wildman–Crippen LogP) is 3.74. The van der Waals surface area contributed by atoms with Crippen LogP contribution in [-0.2, 0) is 11.4 Å². The van der Waals surface area contributed by atoms with E-state index < -0.39 is 0 Å². The summed E-state index contributed by atoms with van der Waals surface area (Å²) in [4.78, 5) is 14.2. The highest BCUT2D eigenvalue weighted by atomic mass is 79.9. The van der Waals surface area contributed by atoms with E-state index in [4.69, 9.17) is 10.6 Å². The molecule has 1 aromatic carbocycles. The molecule has 7 heteroatoms. The van der Waals surface area contributed by atoms with Gasteiger partial charge in [0.05, 0.1) is 10.2 Å². The Morgan fingerprint density at radius 2 is 2.29 bits per heavy atom. The van der Waals surface area contributed by atoms with Gasteiger partial charge < -0.3 is 5.73 Å². The molecule has 3 aromatic rings. The third kappa shape index (κ3) is 2.85. The summed E-state index contributed by atoms with van der Waals surface area (Å²) >= 11 is 5.00. The van der Waals surface area contributed by atoms with E-state index in [0.29, 0.717) is 12.4 Å². The van der Waals surface area contributed by atoms with Crippen LogP contribution in [0.15, 0.2) is 34.9 Å². The van der Waals surface area contributed by atoms with Gasteiger partial charge in [0.25, 0.3) is 0 Å². The number of allylic oxidation sites excluding steroid dienone is 1. The van der Waals surface area contributed by atoms with Crippen molar-refractivity contribution in [1.29, 1.82) is 0 Å². The lowest BCUT2D eigenvalue weighted by atomic mass is 10.2. The van der Waals surface area contributed by atoms with Crippen LogP contribution in [0.2, 0.25) is 0 Å². The second-order valence-corrected chi connectivity index (χ2v) is 6.61. The molecule has 108 valence electrons. The number of thiazole rings is 1. The second kappa shape index (κ2) is 5.59. The number of rotatable bonds is 4. The van der Waals surface area contributed by atoms with Crippen molar-refractivity contribution in [2.75, 3.05) is 5.73 Å². The summed E-state index contributed by atoms with van der Waals surface area (Å²) in [6.07, 6.45) is 0. The van der Waals surface area contributed by atoms with Gasteiger partial charge in [0, 0.05) is 15.6 Å². The maximum atomic E-state index is 6.01. The van der Waals surface area contributed by atoms with Crippen LogP contribution in [0.1, 0.15) is 11.9 Å².